The summed E-state index contributed by atoms with van der Waals surface area (Å²) >= 11 is 0. The zero-order valence-electron chi connectivity index (χ0n) is 15.8. The van der Waals surface area contributed by atoms with Crippen LogP contribution in [0.3, 0.4) is 0 Å². The van der Waals surface area contributed by atoms with Crippen molar-refractivity contribution in [1.82, 2.24) is 0 Å². The van der Waals surface area contributed by atoms with E-state index in [1.54, 1.807) is 0 Å². The molecule has 140 valence electrons. The molecule has 0 atom stereocenters. The fourth-order valence-electron chi connectivity index (χ4n) is 3.83. The van der Waals surface area contributed by atoms with Gasteiger partial charge in [-0.1, -0.05) is 0 Å². The topological polar surface area (TPSA) is 26.3 Å². The summed E-state index contributed by atoms with van der Waals surface area (Å²) in [6, 6.07) is 32.4. The second kappa shape index (κ2) is 9.48. The molecule has 0 N–H and O–H groups in total. The van der Waals surface area contributed by atoms with Gasteiger partial charge in [-0.3, -0.25) is 0 Å². The molecule has 0 saturated carbocycles. The molecule has 3 aromatic carbocycles. The Labute approximate surface area is 162 Å². The molecule has 3 aromatic rings. The summed E-state index contributed by atoms with van der Waals surface area (Å²) < 4.78 is 5.15. The average Bonchev–Trinajstić information content (AvgIpc) is 2.73. The Morgan fingerprint density at radius 2 is 1.15 bits per heavy atom. The van der Waals surface area contributed by atoms with E-state index in [0.717, 1.165) is 12.6 Å². The van der Waals surface area contributed by atoms with Crippen LogP contribution in [-0.4, -0.2) is 18.7 Å². The fraction of sp³-hybridized carbons (Fsp3) is 0.208. The third-order valence-corrected chi connectivity index (χ3v) is 10.1. The number of hydrogen-bond donors (Lipinski definition) is 0. The van der Waals surface area contributed by atoms with Crippen molar-refractivity contribution in [3.05, 3.63) is 91.0 Å². The average molecular weight is 378 g/mol. The summed E-state index contributed by atoms with van der Waals surface area (Å²) in [5.41, 5.74) is 0. The van der Waals surface area contributed by atoms with Crippen LogP contribution in [0.2, 0.25) is 0 Å². The van der Waals surface area contributed by atoms with Gasteiger partial charge in [-0.2, -0.15) is 0 Å². The maximum absolute atomic E-state index is 11.9. The molecular formula is C24H27O2P. The molecule has 27 heavy (non-hydrogen) atoms. The zero-order chi connectivity index (χ0) is 19.0. The van der Waals surface area contributed by atoms with Crippen molar-refractivity contribution < 1.29 is 9.53 Å². The van der Waals surface area contributed by atoms with Gasteiger partial charge in [0.25, 0.3) is 0 Å². The molecule has 0 aliphatic rings. The van der Waals surface area contributed by atoms with Gasteiger partial charge < -0.3 is 0 Å². The van der Waals surface area contributed by atoms with Crippen LogP contribution in [0.5, 0.6) is 0 Å². The predicted molar refractivity (Wildman–Crippen MR) is 117 cm³/mol. The van der Waals surface area contributed by atoms with Crippen LogP contribution >= 0.6 is 7.26 Å². The second-order valence-electron chi connectivity index (χ2n) is 6.66. The number of hydrogen-bond acceptors (Lipinski definition) is 2. The quantitative estimate of drug-likeness (QED) is 0.437. The Morgan fingerprint density at radius 1 is 0.741 bits per heavy atom. The molecule has 0 unspecified atom stereocenters. The molecule has 0 bridgehead atoms. The molecule has 0 saturated heterocycles. The molecule has 0 amide bonds. The predicted octanol–water partition coefficient (Wildman–Crippen LogP) is 4.06. The van der Waals surface area contributed by atoms with Crippen molar-refractivity contribution in [2.45, 2.75) is 19.8 Å². The molecule has 2 nitrogen and oxygen atoms in total. The Hall–Kier alpha value is -2.44. The Balaban J connectivity index is 2.07. The van der Waals surface area contributed by atoms with Crippen LogP contribution in [0.1, 0.15) is 19.8 Å². The van der Waals surface area contributed by atoms with Crippen molar-refractivity contribution in [3.63, 3.8) is 0 Å². The third kappa shape index (κ3) is 4.46. The fourth-order valence-corrected chi connectivity index (χ4v) is 8.69. The maximum atomic E-state index is 11.9. The summed E-state index contributed by atoms with van der Waals surface area (Å²) in [6.45, 7) is 2.30. The molecule has 0 radical (unpaired) electrons. The van der Waals surface area contributed by atoms with Gasteiger partial charge in [0.1, 0.15) is 0 Å². The van der Waals surface area contributed by atoms with Crippen LogP contribution in [-0.2, 0) is 9.53 Å². The van der Waals surface area contributed by atoms with Gasteiger partial charge in [0.15, 0.2) is 0 Å². The first-order valence-corrected chi connectivity index (χ1v) is 11.8. The number of esters is 1. The first-order chi connectivity index (χ1) is 13.3. The minimum absolute atomic E-state index is 0.102. The van der Waals surface area contributed by atoms with E-state index in [0.29, 0.717) is 13.0 Å². The number of rotatable bonds is 8. The molecule has 0 aromatic heterocycles. The standard InChI is InChI=1S/C24H27O2P/c1-2-26-24(25)19-12-20-27(21-13-6-3-7-14-21,22-15-8-4-9-16-22)23-17-10-5-11-18-23/h3-11,13-18,27H,2,12,19-20H2,1H3. The van der Waals surface area contributed by atoms with Crippen LogP contribution in [0.4, 0.5) is 0 Å². The molecule has 0 aliphatic heterocycles. The van der Waals surface area contributed by atoms with E-state index in [1.807, 2.05) is 6.92 Å². The summed E-state index contributed by atoms with van der Waals surface area (Å²) in [7, 11) is -2.22. The SMILES string of the molecule is CCOC(=O)CCC[PH](c1ccccc1)(c1ccccc1)c1ccccc1. The van der Waals surface area contributed by atoms with Gasteiger partial charge >= 0.3 is 162 Å². The van der Waals surface area contributed by atoms with E-state index in [2.05, 4.69) is 91.0 Å². The van der Waals surface area contributed by atoms with Crippen LogP contribution in [0.25, 0.3) is 0 Å². The van der Waals surface area contributed by atoms with Gasteiger partial charge in [-0.15, -0.1) is 0 Å². The van der Waals surface area contributed by atoms with Crippen LogP contribution in [0.15, 0.2) is 91.0 Å². The van der Waals surface area contributed by atoms with Crippen molar-refractivity contribution in [2.24, 2.45) is 0 Å². The molecule has 0 fully saturated rings. The summed E-state index contributed by atoms with van der Waals surface area (Å²) in [5, 5.41) is 4.14. The van der Waals surface area contributed by atoms with Gasteiger partial charge in [0, 0.05) is 0 Å². The molecular weight excluding hydrogens is 351 g/mol. The first-order valence-electron chi connectivity index (χ1n) is 9.59. The van der Waals surface area contributed by atoms with Crippen molar-refractivity contribution in [2.75, 3.05) is 12.8 Å². The number of carbonyl (C=O) groups excluding carboxylic acids is 1. The number of ether oxygens (including phenoxy) is 1. The van der Waals surface area contributed by atoms with Crippen LogP contribution < -0.4 is 15.9 Å². The van der Waals surface area contributed by atoms with E-state index in [9.17, 15) is 4.79 Å². The molecule has 0 aliphatic carbocycles. The molecule has 3 heteroatoms. The molecule has 0 heterocycles. The van der Waals surface area contributed by atoms with E-state index in [4.69, 9.17) is 4.74 Å². The second-order valence-corrected chi connectivity index (χ2v) is 10.7. The minimum atomic E-state index is -2.22. The van der Waals surface area contributed by atoms with Gasteiger partial charge in [0.2, 0.25) is 0 Å². The van der Waals surface area contributed by atoms with Gasteiger partial charge in [-0.05, 0) is 0 Å². The summed E-state index contributed by atoms with van der Waals surface area (Å²) in [6.07, 6.45) is 2.27. The van der Waals surface area contributed by atoms with Crippen molar-refractivity contribution >= 4 is 29.1 Å². The zero-order valence-corrected chi connectivity index (χ0v) is 16.8. The summed E-state index contributed by atoms with van der Waals surface area (Å²) in [4.78, 5) is 11.9. The van der Waals surface area contributed by atoms with E-state index < -0.39 is 7.26 Å². The number of carbonyl (C=O) groups is 1. The molecule has 3 rings (SSSR count). The normalized spacial score (nSPS) is 11.7. The van der Waals surface area contributed by atoms with E-state index in [1.165, 1.54) is 15.9 Å². The first kappa shape index (κ1) is 19.3. The monoisotopic (exact) mass is 378 g/mol. The third-order valence-electron chi connectivity index (χ3n) is 5.04. The van der Waals surface area contributed by atoms with E-state index in [-0.39, 0.29) is 5.97 Å². The Bertz CT molecular complexity index is 735. The van der Waals surface area contributed by atoms with Crippen molar-refractivity contribution in [1.29, 1.82) is 0 Å². The number of benzene rings is 3. The Kier molecular flexibility index (Phi) is 6.79. The molecule has 0 spiro atoms. The van der Waals surface area contributed by atoms with Gasteiger partial charge in [0.05, 0.1) is 0 Å². The Morgan fingerprint density at radius 3 is 1.52 bits per heavy atom. The van der Waals surface area contributed by atoms with Crippen molar-refractivity contribution in [3.8, 4) is 0 Å². The summed E-state index contributed by atoms with van der Waals surface area (Å²) in [5.74, 6) is -0.102. The van der Waals surface area contributed by atoms with E-state index >= 15 is 0 Å². The van der Waals surface area contributed by atoms with Gasteiger partial charge in [-0.25, -0.2) is 0 Å². The van der Waals surface area contributed by atoms with Crippen LogP contribution in [0, 0.1) is 0 Å².